The second kappa shape index (κ2) is 11.7. The van der Waals surface area contributed by atoms with Gasteiger partial charge in [0, 0.05) is 11.1 Å². The van der Waals surface area contributed by atoms with Crippen LogP contribution in [-0.2, 0) is 12.8 Å². The quantitative estimate of drug-likeness (QED) is 0.319. The van der Waals surface area contributed by atoms with Crippen molar-refractivity contribution < 1.29 is 24.9 Å². The first kappa shape index (κ1) is 22.1. The van der Waals surface area contributed by atoms with Crippen LogP contribution >= 0.6 is 0 Å². The molecule has 0 atom stereocenters. The van der Waals surface area contributed by atoms with Crippen LogP contribution in [0.3, 0.4) is 0 Å². The minimum Gasteiger partial charge on any atom is -0.504 e. The molecule has 26 heavy (non-hydrogen) atoms. The first-order chi connectivity index (χ1) is 12.5. The Morgan fingerprint density at radius 3 is 1.96 bits per heavy atom. The smallest absolute Gasteiger partial charge is 0.343 e. The number of carbonyl (C=O) groups is 1. The summed E-state index contributed by atoms with van der Waals surface area (Å²) in [5, 5.41) is 30.1. The minimum atomic E-state index is -1.28. The van der Waals surface area contributed by atoms with Crippen LogP contribution in [0.25, 0.3) is 0 Å². The largest absolute Gasteiger partial charge is 0.504 e. The fourth-order valence-electron chi connectivity index (χ4n) is 3.25. The Bertz CT molecular complexity index is 580. The van der Waals surface area contributed by atoms with Crippen molar-refractivity contribution in [1.29, 1.82) is 0 Å². The molecule has 0 heterocycles. The molecule has 0 saturated carbocycles. The van der Waals surface area contributed by atoms with E-state index in [1.165, 1.54) is 19.3 Å². The van der Waals surface area contributed by atoms with Crippen LogP contribution < -0.4 is 4.74 Å². The van der Waals surface area contributed by atoms with Crippen molar-refractivity contribution in [3.63, 3.8) is 0 Å². The van der Waals surface area contributed by atoms with Crippen molar-refractivity contribution in [2.75, 3.05) is 6.61 Å². The summed E-state index contributed by atoms with van der Waals surface area (Å²) in [6.45, 7) is 6.57. The molecule has 0 amide bonds. The molecule has 5 heteroatoms. The maximum Gasteiger partial charge on any atom is 0.343 e. The second-order valence-electron chi connectivity index (χ2n) is 6.78. The SMILES string of the molecule is CCCCCCCCOc1c(CCC)c(CCC)c(O)c(O)c1C(=O)O. The molecular weight excluding hydrogens is 332 g/mol. The number of aromatic carboxylic acids is 1. The molecule has 0 fully saturated rings. The summed E-state index contributed by atoms with van der Waals surface area (Å²) in [4.78, 5) is 11.7. The van der Waals surface area contributed by atoms with Gasteiger partial charge in [0.1, 0.15) is 11.3 Å². The summed E-state index contributed by atoms with van der Waals surface area (Å²) in [5.41, 5.74) is 1.000. The van der Waals surface area contributed by atoms with Gasteiger partial charge in [0.2, 0.25) is 0 Å². The molecule has 0 radical (unpaired) electrons. The zero-order valence-electron chi connectivity index (χ0n) is 16.4. The summed E-state index contributed by atoms with van der Waals surface area (Å²) in [6.07, 6.45) is 9.43. The number of benzene rings is 1. The lowest BCUT2D eigenvalue weighted by Crippen LogP contribution is -2.10. The molecule has 0 bridgehead atoms. The molecular formula is C21H34O5. The van der Waals surface area contributed by atoms with Gasteiger partial charge < -0.3 is 20.1 Å². The van der Waals surface area contributed by atoms with Crippen LogP contribution in [-0.4, -0.2) is 27.9 Å². The fourth-order valence-corrected chi connectivity index (χ4v) is 3.25. The molecule has 0 aliphatic carbocycles. The number of carboxylic acid groups (broad SMARTS) is 1. The molecule has 0 aliphatic rings. The molecule has 1 aromatic rings. The third kappa shape index (κ3) is 5.82. The Morgan fingerprint density at radius 2 is 1.38 bits per heavy atom. The first-order valence-corrected chi connectivity index (χ1v) is 9.95. The molecule has 3 N–H and O–H groups in total. The summed E-state index contributed by atoms with van der Waals surface area (Å²) in [5.74, 6) is -1.96. The summed E-state index contributed by atoms with van der Waals surface area (Å²) in [7, 11) is 0. The van der Waals surface area contributed by atoms with Gasteiger partial charge in [-0.3, -0.25) is 0 Å². The second-order valence-corrected chi connectivity index (χ2v) is 6.78. The predicted molar refractivity (Wildman–Crippen MR) is 104 cm³/mol. The van der Waals surface area contributed by atoms with E-state index in [4.69, 9.17) is 4.74 Å². The van der Waals surface area contributed by atoms with E-state index >= 15 is 0 Å². The van der Waals surface area contributed by atoms with Crippen molar-refractivity contribution >= 4 is 5.97 Å². The monoisotopic (exact) mass is 366 g/mol. The third-order valence-electron chi connectivity index (χ3n) is 4.57. The Hall–Kier alpha value is -1.91. The van der Waals surface area contributed by atoms with E-state index in [9.17, 15) is 20.1 Å². The summed E-state index contributed by atoms with van der Waals surface area (Å²) >= 11 is 0. The number of rotatable bonds is 13. The fraction of sp³-hybridized carbons (Fsp3) is 0.667. The zero-order valence-corrected chi connectivity index (χ0v) is 16.4. The summed E-state index contributed by atoms with van der Waals surface area (Å²) < 4.78 is 5.86. The molecule has 0 spiro atoms. The van der Waals surface area contributed by atoms with Crippen LogP contribution in [0.15, 0.2) is 0 Å². The summed E-state index contributed by atoms with van der Waals surface area (Å²) in [6, 6.07) is 0. The Balaban J connectivity index is 3.06. The number of hydrogen-bond acceptors (Lipinski definition) is 4. The average Bonchev–Trinajstić information content (AvgIpc) is 2.61. The predicted octanol–water partition coefficient (Wildman–Crippen LogP) is 5.44. The Labute approximate surface area is 157 Å². The number of carboxylic acids is 1. The molecule has 0 unspecified atom stereocenters. The molecule has 0 saturated heterocycles. The molecule has 0 aliphatic heterocycles. The van der Waals surface area contributed by atoms with Crippen molar-refractivity contribution in [1.82, 2.24) is 0 Å². The van der Waals surface area contributed by atoms with Crippen LogP contribution in [0.5, 0.6) is 17.2 Å². The zero-order chi connectivity index (χ0) is 19.5. The number of aromatic hydroxyl groups is 2. The van der Waals surface area contributed by atoms with E-state index < -0.39 is 11.7 Å². The first-order valence-electron chi connectivity index (χ1n) is 9.95. The number of phenols is 2. The van der Waals surface area contributed by atoms with Gasteiger partial charge >= 0.3 is 5.97 Å². The lowest BCUT2D eigenvalue weighted by Gasteiger charge is -2.20. The van der Waals surface area contributed by atoms with Gasteiger partial charge in [-0.05, 0) is 19.3 Å². The highest BCUT2D eigenvalue weighted by atomic mass is 16.5. The van der Waals surface area contributed by atoms with Gasteiger partial charge in [0.25, 0.3) is 0 Å². The van der Waals surface area contributed by atoms with E-state index in [2.05, 4.69) is 6.92 Å². The van der Waals surface area contributed by atoms with Gasteiger partial charge in [-0.15, -0.1) is 0 Å². The third-order valence-corrected chi connectivity index (χ3v) is 4.57. The van der Waals surface area contributed by atoms with E-state index in [1.54, 1.807) is 0 Å². The lowest BCUT2D eigenvalue weighted by molar-refractivity contribution is 0.0687. The number of ether oxygens (including phenoxy) is 1. The molecule has 0 aromatic heterocycles. The lowest BCUT2D eigenvalue weighted by atomic mass is 9.93. The van der Waals surface area contributed by atoms with E-state index in [0.717, 1.165) is 32.1 Å². The average molecular weight is 366 g/mol. The van der Waals surface area contributed by atoms with Gasteiger partial charge in [0.05, 0.1) is 6.61 Å². The van der Waals surface area contributed by atoms with Crippen LogP contribution in [0, 0.1) is 0 Å². The van der Waals surface area contributed by atoms with Crippen molar-refractivity contribution in [2.24, 2.45) is 0 Å². The molecule has 1 aromatic carbocycles. The Kier molecular flexibility index (Phi) is 9.92. The number of hydrogen-bond donors (Lipinski definition) is 3. The Morgan fingerprint density at radius 1 is 0.808 bits per heavy atom. The van der Waals surface area contributed by atoms with Crippen molar-refractivity contribution in [3.8, 4) is 17.2 Å². The van der Waals surface area contributed by atoms with Crippen LogP contribution in [0.2, 0.25) is 0 Å². The molecule has 5 nitrogen and oxygen atoms in total. The van der Waals surface area contributed by atoms with Gasteiger partial charge in [-0.2, -0.15) is 0 Å². The maximum absolute atomic E-state index is 11.7. The van der Waals surface area contributed by atoms with E-state index in [-0.39, 0.29) is 17.1 Å². The van der Waals surface area contributed by atoms with Crippen molar-refractivity contribution in [2.45, 2.75) is 85.0 Å². The number of unbranched alkanes of at least 4 members (excludes halogenated alkanes) is 5. The van der Waals surface area contributed by atoms with Crippen LogP contribution in [0.4, 0.5) is 0 Å². The van der Waals surface area contributed by atoms with Crippen molar-refractivity contribution in [3.05, 3.63) is 16.7 Å². The highest BCUT2D eigenvalue weighted by Gasteiger charge is 2.27. The molecule has 1 rings (SSSR count). The molecule has 148 valence electrons. The normalized spacial score (nSPS) is 10.9. The van der Waals surface area contributed by atoms with Gasteiger partial charge in [-0.25, -0.2) is 4.79 Å². The van der Waals surface area contributed by atoms with Crippen LogP contribution in [0.1, 0.15) is 93.6 Å². The standard InChI is InChI=1S/C21H34O5/c1-4-7-8-9-10-11-14-26-20-16(13-6-3)15(12-5-2)18(22)19(23)17(20)21(24)25/h22-23H,4-14H2,1-3H3,(H,24,25). The highest BCUT2D eigenvalue weighted by Crippen LogP contribution is 2.44. The minimum absolute atomic E-state index is 0.228. The van der Waals surface area contributed by atoms with Gasteiger partial charge in [-0.1, -0.05) is 65.7 Å². The maximum atomic E-state index is 11.7. The van der Waals surface area contributed by atoms with E-state index in [0.29, 0.717) is 30.6 Å². The number of phenolic OH excluding ortho intramolecular Hbond substituents is 1. The van der Waals surface area contributed by atoms with E-state index in [1.807, 2.05) is 13.8 Å². The van der Waals surface area contributed by atoms with Gasteiger partial charge in [0.15, 0.2) is 11.5 Å². The highest BCUT2D eigenvalue weighted by molar-refractivity contribution is 5.96. The topological polar surface area (TPSA) is 87.0 Å².